The number of rotatable bonds is 5. The Balaban J connectivity index is 2.82. The van der Waals surface area contributed by atoms with Gasteiger partial charge in [-0.2, -0.15) is 0 Å². The SMILES string of the molecule is COCOc1ccc(F)cc1CC(C)N. The molecule has 0 bridgehead atoms. The lowest BCUT2D eigenvalue weighted by molar-refractivity contribution is 0.0503. The van der Waals surface area contributed by atoms with Gasteiger partial charge in [0, 0.05) is 13.2 Å². The molecule has 1 unspecified atom stereocenters. The maximum absolute atomic E-state index is 13.0. The normalized spacial score (nSPS) is 12.5. The lowest BCUT2D eigenvalue weighted by Gasteiger charge is -2.12. The Morgan fingerprint density at radius 2 is 2.20 bits per heavy atom. The Labute approximate surface area is 89.0 Å². The molecule has 0 heterocycles. The number of halogens is 1. The molecule has 84 valence electrons. The van der Waals surface area contributed by atoms with Crippen molar-refractivity contribution in [2.24, 2.45) is 5.73 Å². The summed E-state index contributed by atoms with van der Waals surface area (Å²) in [5.41, 5.74) is 6.43. The van der Waals surface area contributed by atoms with Gasteiger partial charge in [-0.1, -0.05) is 0 Å². The van der Waals surface area contributed by atoms with Gasteiger partial charge in [0.05, 0.1) is 0 Å². The fourth-order valence-electron chi connectivity index (χ4n) is 1.32. The second-order valence-electron chi connectivity index (χ2n) is 3.48. The molecule has 0 aliphatic heterocycles. The molecule has 1 aromatic carbocycles. The molecule has 1 aromatic rings. The van der Waals surface area contributed by atoms with Crippen molar-refractivity contribution in [3.05, 3.63) is 29.6 Å². The van der Waals surface area contributed by atoms with Crippen LogP contribution >= 0.6 is 0 Å². The van der Waals surface area contributed by atoms with Crippen LogP contribution in [0.1, 0.15) is 12.5 Å². The van der Waals surface area contributed by atoms with Gasteiger partial charge in [-0.05, 0) is 37.1 Å². The summed E-state index contributed by atoms with van der Waals surface area (Å²) in [6.45, 7) is 2.02. The number of hydrogen-bond acceptors (Lipinski definition) is 3. The van der Waals surface area contributed by atoms with E-state index >= 15 is 0 Å². The average Bonchev–Trinajstić information content (AvgIpc) is 2.16. The fraction of sp³-hybridized carbons (Fsp3) is 0.455. The minimum absolute atomic E-state index is 0.0308. The van der Waals surface area contributed by atoms with Gasteiger partial charge < -0.3 is 15.2 Å². The van der Waals surface area contributed by atoms with Gasteiger partial charge in [0.25, 0.3) is 0 Å². The summed E-state index contributed by atoms with van der Waals surface area (Å²) in [6, 6.07) is 4.35. The first kappa shape index (κ1) is 11.9. The van der Waals surface area contributed by atoms with E-state index in [1.165, 1.54) is 19.2 Å². The third kappa shape index (κ3) is 3.85. The summed E-state index contributed by atoms with van der Waals surface area (Å²) in [4.78, 5) is 0. The molecule has 0 saturated carbocycles. The summed E-state index contributed by atoms with van der Waals surface area (Å²) in [7, 11) is 1.54. The second-order valence-corrected chi connectivity index (χ2v) is 3.48. The summed E-state index contributed by atoms with van der Waals surface area (Å²) in [6.07, 6.45) is 0.580. The first-order chi connectivity index (χ1) is 7.13. The molecular formula is C11H16FNO2. The zero-order chi connectivity index (χ0) is 11.3. The van der Waals surface area contributed by atoms with Gasteiger partial charge in [-0.25, -0.2) is 4.39 Å². The molecule has 2 N–H and O–H groups in total. The highest BCUT2D eigenvalue weighted by Gasteiger charge is 2.07. The third-order valence-electron chi connectivity index (χ3n) is 1.90. The first-order valence-corrected chi connectivity index (χ1v) is 4.79. The summed E-state index contributed by atoms with van der Waals surface area (Å²) in [5.74, 6) is 0.339. The van der Waals surface area contributed by atoms with E-state index in [9.17, 15) is 4.39 Å². The van der Waals surface area contributed by atoms with Crippen LogP contribution in [0.2, 0.25) is 0 Å². The molecule has 15 heavy (non-hydrogen) atoms. The number of benzene rings is 1. The van der Waals surface area contributed by atoms with Crippen LogP contribution in [-0.4, -0.2) is 19.9 Å². The van der Waals surface area contributed by atoms with Crippen LogP contribution in [0.15, 0.2) is 18.2 Å². The monoisotopic (exact) mass is 213 g/mol. The Bertz CT molecular complexity index is 315. The van der Waals surface area contributed by atoms with Crippen LogP contribution in [0.25, 0.3) is 0 Å². The lowest BCUT2D eigenvalue weighted by atomic mass is 10.1. The molecule has 0 saturated heterocycles. The van der Waals surface area contributed by atoms with Gasteiger partial charge in [-0.15, -0.1) is 0 Å². The summed E-state index contributed by atoms with van der Waals surface area (Å²) in [5, 5.41) is 0. The van der Waals surface area contributed by atoms with E-state index in [1.54, 1.807) is 6.07 Å². The Morgan fingerprint density at radius 3 is 2.80 bits per heavy atom. The molecule has 1 rings (SSSR count). The minimum atomic E-state index is -0.282. The van der Waals surface area contributed by atoms with E-state index in [0.29, 0.717) is 12.2 Å². The zero-order valence-corrected chi connectivity index (χ0v) is 9.00. The van der Waals surface area contributed by atoms with Crippen molar-refractivity contribution in [2.45, 2.75) is 19.4 Å². The van der Waals surface area contributed by atoms with Crippen LogP contribution in [0, 0.1) is 5.82 Å². The predicted octanol–water partition coefficient (Wildman–Crippen LogP) is 1.70. The molecule has 0 fully saturated rings. The van der Waals surface area contributed by atoms with Crippen molar-refractivity contribution >= 4 is 0 Å². The van der Waals surface area contributed by atoms with E-state index in [4.69, 9.17) is 15.2 Å². The Kier molecular flexibility index (Phi) is 4.52. The van der Waals surface area contributed by atoms with Crippen molar-refractivity contribution in [3.63, 3.8) is 0 Å². The second kappa shape index (κ2) is 5.68. The lowest BCUT2D eigenvalue weighted by Crippen LogP contribution is -2.18. The quantitative estimate of drug-likeness (QED) is 0.757. The molecule has 4 heteroatoms. The maximum Gasteiger partial charge on any atom is 0.188 e. The first-order valence-electron chi connectivity index (χ1n) is 4.79. The smallest absolute Gasteiger partial charge is 0.188 e. The zero-order valence-electron chi connectivity index (χ0n) is 9.00. The van der Waals surface area contributed by atoms with E-state index in [2.05, 4.69) is 0 Å². The van der Waals surface area contributed by atoms with Gasteiger partial charge >= 0.3 is 0 Å². The van der Waals surface area contributed by atoms with Crippen molar-refractivity contribution < 1.29 is 13.9 Å². The minimum Gasteiger partial charge on any atom is -0.467 e. The van der Waals surface area contributed by atoms with Crippen LogP contribution in [-0.2, 0) is 11.2 Å². The average molecular weight is 213 g/mol. The Hall–Kier alpha value is -1.13. The molecule has 0 aromatic heterocycles. The van der Waals surface area contributed by atoms with Crippen molar-refractivity contribution in [1.82, 2.24) is 0 Å². The van der Waals surface area contributed by atoms with Crippen LogP contribution in [0.4, 0.5) is 4.39 Å². The van der Waals surface area contributed by atoms with E-state index in [-0.39, 0.29) is 18.7 Å². The van der Waals surface area contributed by atoms with E-state index < -0.39 is 0 Å². The predicted molar refractivity (Wildman–Crippen MR) is 56.3 cm³/mol. The van der Waals surface area contributed by atoms with Crippen LogP contribution < -0.4 is 10.5 Å². The largest absolute Gasteiger partial charge is 0.467 e. The fourth-order valence-corrected chi connectivity index (χ4v) is 1.32. The van der Waals surface area contributed by atoms with Gasteiger partial charge in [-0.3, -0.25) is 0 Å². The molecule has 1 atom stereocenters. The standard InChI is InChI=1S/C11H16FNO2/c1-8(13)5-9-6-10(12)3-4-11(9)15-7-14-2/h3-4,6,8H,5,7,13H2,1-2H3. The van der Waals surface area contributed by atoms with Crippen molar-refractivity contribution in [2.75, 3.05) is 13.9 Å². The third-order valence-corrected chi connectivity index (χ3v) is 1.90. The van der Waals surface area contributed by atoms with Crippen molar-refractivity contribution in [1.29, 1.82) is 0 Å². The number of ether oxygens (including phenoxy) is 2. The van der Waals surface area contributed by atoms with Gasteiger partial charge in [0.2, 0.25) is 0 Å². The molecule has 0 radical (unpaired) electrons. The number of hydrogen-bond donors (Lipinski definition) is 1. The Morgan fingerprint density at radius 1 is 1.47 bits per heavy atom. The van der Waals surface area contributed by atoms with Crippen LogP contribution in [0.3, 0.4) is 0 Å². The molecule has 0 aliphatic carbocycles. The highest BCUT2D eigenvalue weighted by molar-refractivity contribution is 5.34. The molecule has 0 amide bonds. The summed E-state index contributed by atoms with van der Waals surface area (Å²) >= 11 is 0. The molecular weight excluding hydrogens is 197 g/mol. The maximum atomic E-state index is 13.0. The molecule has 3 nitrogen and oxygen atoms in total. The topological polar surface area (TPSA) is 44.5 Å². The van der Waals surface area contributed by atoms with Crippen LogP contribution in [0.5, 0.6) is 5.75 Å². The molecule has 0 spiro atoms. The highest BCUT2D eigenvalue weighted by Crippen LogP contribution is 2.21. The summed E-state index contributed by atoms with van der Waals surface area (Å²) < 4.78 is 23.1. The molecule has 0 aliphatic rings. The van der Waals surface area contributed by atoms with Gasteiger partial charge in [0.1, 0.15) is 11.6 Å². The van der Waals surface area contributed by atoms with Crippen molar-refractivity contribution in [3.8, 4) is 5.75 Å². The highest BCUT2D eigenvalue weighted by atomic mass is 19.1. The van der Waals surface area contributed by atoms with E-state index in [1.807, 2.05) is 6.92 Å². The number of nitrogens with two attached hydrogens (primary N) is 1. The van der Waals surface area contributed by atoms with Gasteiger partial charge in [0.15, 0.2) is 6.79 Å². The van der Waals surface area contributed by atoms with E-state index in [0.717, 1.165) is 5.56 Å². The number of methoxy groups -OCH3 is 1.